The monoisotopic (exact) mass is 339 g/mol. The molecular formula is C17H21N7O. The summed E-state index contributed by atoms with van der Waals surface area (Å²) >= 11 is 0. The van der Waals surface area contributed by atoms with Crippen LogP contribution in [0.4, 0.5) is 0 Å². The van der Waals surface area contributed by atoms with Gasteiger partial charge in [0.05, 0.1) is 31.3 Å². The SMILES string of the molecule is Cn1cc(CN2CCCn3c(nc(Cn4ccnc4)cc3=O)C2)cn1. The van der Waals surface area contributed by atoms with Crippen LogP contribution < -0.4 is 5.56 Å². The molecule has 0 saturated carbocycles. The Labute approximate surface area is 145 Å². The van der Waals surface area contributed by atoms with Gasteiger partial charge < -0.3 is 4.57 Å². The van der Waals surface area contributed by atoms with Gasteiger partial charge in [0, 0.05) is 56.9 Å². The molecule has 0 unspecified atom stereocenters. The molecule has 1 aliphatic rings. The third-order valence-corrected chi connectivity index (χ3v) is 4.43. The number of hydrogen-bond acceptors (Lipinski definition) is 5. The molecular weight excluding hydrogens is 318 g/mol. The number of fused-ring (bicyclic) bond motifs is 1. The normalized spacial score (nSPS) is 15.1. The zero-order chi connectivity index (χ0) is 17.2. The highest BCUT2D eigenvalue weighted by molar-refractivity contribution is 5.08. The van der Waals surface area contributed by atoms with Gasteiger partial charge in [-0.15, -0.1) is 0 Å². The van der Waals surface area contributed by atoms with Crippen LogP contribution in [0, 0.1) is 0 Å². The van der Waals surface area contributed by atoms with Crippen LogP contribution in [-0.2, 0) is 33.2 Å². The third kappa shape index (κ3) is 3.53. The van der Waals surface area contributed by atoms with Crippen LogP contribution in [0.15, 0.2) is 42.0 Å². The van der Waals surface area contributed by atoms with Gasteiger partial charge in [0.1, 0.15) is 5.82 Å². The Kier molecular flexibility index (Phi) is 4.19. The molecule has 3 aromatic heterocycles. The molecule has 0 spiro atoms. The van der Waals surface area contributed by atoms with E-state index in [1.165, 1.54) is 5.56 Å². The van der Waals surface area contributed by atoms with Crippen LogP contribution >= 0.6 is 0 Å². The van der Waals surface area contributed by atoms with Gasteiger partial charge in [0.25, 0.3) is 5.56 Å². The number of aromatic nitrogens is 6. The predicted molar refractivity (Wildman–Crippen MR) is 91.8 cm³/mol. The predicted octanol–water partition coefficient (Wildman–Crippen LogP) is 0.627. The molecule has 25 heavy (non-hydrogen) atoms. The smallest absolute Gasteiger partial charge is 0.253 e. The molecule has 0 atom stereocenters. The second-order valence-corrected chi connectivity index (χ2v) is 6.48. The molecule has 8 heteroatoms. The van der Waals surface area contributed by atoms with Crippen LogP contribution in [-0.4, -0.2) is 40.3 Å². The van der Waals surface area contributed by atoms with Crippen LogP contribution in [0.3, 0.4) is 0 Å². The van der Waals surface area contributed by atoms with Gasteiger partial charge in [-0.05, 0) is 6.42 Å². The summed E-state index contributed by atoms with van der Waals surface area (Å²) in [6.07, 6.45) is 10.2. The first kappa shape index (κ1) is 15.8. The van der Waals surface area contributed by atoms with Gasteiger partial charge in [-0.2, -0.15) is 5.10 Å². The van der Waals surface area contributed by atoms with Crippen molar-refractivity contribution in [1.82, 2.24) is 33.8 Å². The molecule has 0 saturated heterocycles. The summed E-state index contributed by atoms with van der Waals surface area (Å²) in [7, 11) is 1.92. The average Bonchev–Trinajstić information content (AvgIpc) is 3.16. The molecule has 1 aliphatic heterocycles. The van der Waals surface area contributed by atoms with Crippen molar-refractivity contribution in [3.8, 4) is 0 Å². The summed E-state index contributed by atoms with van der Waals surface area (Å²) in [5, 5.41) is 4.23. The van der Waals surface area contributed by atoms with E-state index in [1.807, 2.05) is 34.9 Å². The number of rotatable bonds is 4. The molecule has 0 fully saturated rings. The van der Waals surface area contributed by atoms with Gasteiger partial charge in [-0.1, -0.05) is 0 Å². The Bertz CT molecular complexity index is 909. The minimum atomic E-state index is 0.0309. The topological polar surface area (TPSA) is 73.8 Å². The summed E-state index contributed by atoms with van der Waals surface area (Å²) in [4.78, 5) is 23.6. The van der Waals surface area contributed by atoms with Gasteiger partial charge in [0.15, 0.2) is 0 Å². The molecule has 0 amide bonds. The van der Waals surface area contributed by atoms with Gasteiger partial charge in [0.2, 0.25) is 0 Å². The minimum Gasteiger partial charge on any atom is -0.331 e. The van der Waals surface area contributed by atoms with Gasteiger partial charge in [-0.3, -0.25) is 18.9 Å². The zero-order valence-electron chi connectivity index (χ0n) is 14.2. The molecule has 0 aromatic carbocycles. The Hall–Kier alpha value is -2.74. The van der Waals surface area contributed by atoms with E-state index < -0.39 is 0 Å². The van der Waals surface area contributed by atoms with E-state index in [2.05, 4.69) is 15.0 Å². The Morgan fingerprint density at radius 2 is 2.16 bits per heavy atom. The lowest BCUT2D eigenvalue weighted by molar-refractivity contribution is 0.258. The van der Waals surface area contributed by atoms with Crippen molar-refractivity contribution in [3.63, 3.8) is 0 Å². The molecule has 130 valence electrons. The summed E-state index contributed by atoms with van der Waals surface area (Å²) in [5.41, 5.74) is 1.98. The van der Waals surface area contributed by atoms with Crippen molar-refractivity contribution in [1.29, 1.82) is 0 Å². The molecule has 4 rings (SSSR count). The number of imidazole rings is 1. The lowest BCUT2D eigenvalue weighted by Crippen LogP contribution is -2.27. The molecule has 0 N–H and O–H groups in total. The third-order valence-electron chi connectivity index (χ3n) is 4.43. The number of hydrogen-bond donors (Lipinski definition) is 0. The molecule has 8 nitrogen and oxygen atoms in total. The standard InChI is InChI=1S/C17H21N7O/c1-21-9-14(8-19-21)10-22-4-2-5-24-16(12-22)20-15(7-17(24)25)11-23-6-3-18-13-23/h3,6-9,13H,2,4-5,10-12H2,1H3. The lowest BCUT2D eigenvalue weighted by atomic mass is 10.3. The molecule has 0 bridgehead atoms. The fourth-order valence-electron chi connectivity index (χ4n) is 3.29. The Morgan fingerprint density at radius 3 is 2.92 bits per heavy atom. The van der Waals surface area contributed by atoms with Crippen molar-refractivity contribution in [2.45, 2.75) is 32.6 Å². The van der Waals surface area contributed by atoms with E-state index in [9.17, 15) is 4.79 Å². The first-order chi connectivity index (χ1) is 12.2. The van der Waals surface area contributed by atoms with Gasteiger partial charge in [-0.25, -0.2) is 9.97 Å². The highest BCUT2D eigenvalue weighted by Crippen LogP contribution is 2.13. The van der Waals surface area contributed by atoms with Crippen LogP contribution in [0.25, 0.3) is 0 Å². The van der Waals surface area contributed by atoms with Crippen molar-refractivity contribution in [2.75, 3.05) is 6.54 Å². The number of aryl methyl sites for hydroxylation is 1. The molecule has 3 aromatic rings. The van der Waals surface area contributed by atoms with E-state index >= 15 is 0 Å². The van der Waals surface area contributed by atoms with Crippen molar-refractivity contribution >= 4 is 0 Å². The first-order valence-corrected chi connectivity index (χ1v) is 8.42. The molecule has 4 heterocycles. The first-order valence-electron chi connectivity index (χ1n) is 8.42. The maximum atomic E-state index is 12.5. The second kappa shape index (κ2) is 6.64. The zero-order valence-corrected chi connectivity index (χ0v) is 14.2. The van der Waals surface area contributed by atoms with E-state index in [0.717, 1.165) is 37.6 Å². The fraction of sp³-hybridized carbons (Fsp3) is 0.412. The van der Waals surface area contributed by atoms with Crippen molar-refractivity contribution < 1.29 is 0 Å². The maximum absolute atomic E-state index is 12.5. The summed E-state index contributed by atoms with van der Waals surface area (Å²) in [6, 6.07) is 1.64. The molecule has 0 radical (unpaired) electrons. The van der Waals surface area contributed by atoms with E-state index in [4.69, 9.17) is 4.98 Å². The van der Waals surface area contributed by atoms with Crippen molar-refractivity contribution in [3.05, 3.63) is 64.6 Å². The minimum absolute atomic E-state index is 0.0309. The quantitative estimate of drug-likeness (QED) is 0.697. The van der Waals surface area contributed by atoms with Crippen molar-refractivity contribution in [2.24, 2.45) is 7.05 Å². The summed E-state index contributed by atoms with van der Waals surface area (Å²) in [5.74, 6) is 0.837. The van der Waals surface area contributed by atoms with Crippen LogP contribution in [0.2, 0.25) is 0 Å². The summed E-state index contributed by atoms with van der Waals surface area (Å²) < 4.78 is 5.54. The van der Waals surface area contributed by atoms with E-state index in [1.54, 1.807) is 23.2 Å². The highest BCUT2D eigenvalue weighted by atomic mass is 16.1. The van der Waals surface area contributed by atoms with Crippen LogP contribution in [0.1, 0.15) is 23.5 Å². The Balaban J connectivity index is 1.58. The summed E-state index contributed by atoms with van der Waals surface area (Å²) in [6.45, 7) is 3.70. The van der Waals surface area contributed by atoms with Crippen LogP contribution in [0.5, 0.6) is 0 Å². The lowest BCUT2D eigenvalue weighted by Gasteiger charge is -2.19. The largest absolute Gasteiger partial charge is 0.331 e. The van der Waals surface area contributed by atoms with Gasteiger partial charge >= 0.3 is 0 Å². The fourth-order valence-corrected chi connectivity index (χ4v) is 3.29. The van der Waals surface area contributed by atoms with E-state index in [-0.39, 0.29) is 5.56 Å². The average molecular weight is 339 g/mol. The highest BCUT2D eigenvalue weighted by Gasteiger charge is 2.18. The van der Waals surface area contributed by atoms with E-state index in [0.29, 0.717) is 13.1 Å². The number of nitrogens with zero attached hydrogens (tertiary/aromatic N) is 7. The Morgan fingerprint density at radius 1 is 1.24 bits per heavy atom. The second-order valence-electron chi connectivity index (χ2n) is 6.48. The molecule has 0 aliphatic carbocycles. The maximum Gasteiger partial charge on any atom is 0.253 e.